The van der Waals surface area contributed by atoms with E-state index in [1.165, 1.54) is 7.05 Å². The predicted molar refractivity (Wildman–Crippen MR) is 155 cm³/mol. The average molecular weight is 606 g/mol. The molecule has 0 spiro atoms. The largest absolute Gasteiger partial charge is 0.493 e. The van der Waals surface area contributed by atoms with Gasteiger partial charge < -0.3 is 29.7 Å². The number of benzene rings is 2. The summed E-state index contributed by atoms with van der Waals surface area (Å²) in [6, 6.07) is 6.84. The van der Waals surface area contributed by atoms with Crippen LogP contribution < -0.4 is 19.7 Å². The molecule has 10 nitrogen and oxygen atoms in total. The van der Waals surface area contributed by atoms with Crippen molar-refractivity contribution in [2.45, 2.75) is 39.7 Å². The Kier molecular flexibility index (Phi) is 10.1. The average Bonchev–Trinajstić information content (AvgIpc) is 3.14. The number of Topliss-reactive ketones (excluding diaryl/α,β-unsaturated/α-hetero) is 1. The lowest BCUT2D eigenvalue weighted by Crippen LogP contribution is -2.31. The molecule has 0 aromatic heterocycles. The van der Waals surface area contributed by atoms with Gasteiger partial charge in [-0.1, -0.05) is 20.8 Å². The second kappa shape index (κ2) is 12.5. The van der Waals surface area contributed by atoms with Crippen LogP contribution in [0.4, 0.5) is 5.69 Å². The Morgan fingerprint density at radius 1 is 1.13 bits per heavy atom. The number of anilines is 1. The van der Waals surface area contributed by atoms with E-state index >= 15 is 0 Å². The van der Waals surface area contributed by atoms with Crippen molar-refractivity contribution in [3.05, 3.63) is 52.1 Å². The molecule has 212 valence electrons. The first-order valence-corrected chi connectivity index (χ1v) is 12.4. The minimum atomic E-state index is -1.09. The van der Waals surface area contributed by atoms with Crippen molar-refractivity contribution in [1.82, 2.24) is 10.2 Å². The fourth-order valence-electron chi connectivity index (χ4n) is 4.36. The number of carbonyl (C=O) groups is 3. The molecule has 1 amide bonds. The van der Waals surface area contributed by atoms with Gasteiger partial charge in [-0.05, 0) is 42.2 Å². The summed E-state index contributed by atoms with van der Waals surface area (Å²) in [6.45, 7) is 7.92. The molecule has 0 bridgehead atoms. The maximum atomic E-state index is 13.5. The van der Waals surface area contributed by atoms with Gasteiger partial charge in [0.1, 0.15) is 17.3 Å². The Morgan fingerprint density at radius 3 is 2.33 bits per heavy atom. The van der Waals surface area contributed by atoms with Crippen LogP contribution in [0.2, 0.25) is 0 Å². The van der Waals surface area contributed by atoms with Gasteiger partial charge in [-0.25, -0.2) is 4.79 Å². The van der Waals surface area contributed by atoms with Gasteiger partial charge in [0.25, 0.3) is 5.91 Å². The Labute approximate surface area is 239 Å². The molecule has 39 heavy (non-hydrogen) atoms. The molecule has 1 aliphatic rings. The van der Waals surface area contributed by atoms with E-state index in [2.05, 4.69) is 5.32 Å². The van der Waals surface area contributed by atoms with Crippen LogP contribution in [0.3, 0.4) is 0 Å². The van der Waals surface area contributed by atoms with Crippen molar-refractivity contribution >= 4 is 46.2 Å². The third-order valence-electron chi connectivity index (χ3n) is 6.27. The number of hydrogen-bond acceptors (Lipinski definition) is 7. The molecule has 0 saturated heterocycles. The van der Waals surface area contributed by atoms with Crippen LogP contribution in [0.25, 0.3) is 0 Å². The highest BCUT2D eigenvalue weighted by Gasteiger charge is 2.31. The number of halogens is 1. The zero-order chi connectivity index (χ0) is 28.4. The van der Waals surface area contributed by atoms with Gasteiger partial charge in [-0.15, -0.1) is 17.0 Å². The molecule has 0 radical (unpaired) electrons. The minimum Gasteiger partial charge on any atom is -0.493 e. The number of rotatable bonds is 10. The molecule has 0 unspecified atom stereocenters. The van der Waals surface area contributed by atoms with E-state index in [0.29, 0.717) is 52.6 Å². The molecular weight excluding hydrogens is 568 g/mol. The fraction of sp³-hybridized carbons (Fsp3) is 0.429. The Morgan fingerprint density at radius 2 is 1.79 bits per heavy atom. The first kappa shape index (κ1) is 31.6. The van der Waals surface area contributed by atoms with E-state index in [1.807, 2.05) is 27.7 Å². The molecule has 0 saturated carbocycles. The number of aliphatic carboxylic acids is 1. The zero-order valence-electron chi connectivity index (χ0n) is 23.4. The molecule has 2 aromatic rings. The molecule has 2 aromatic carbocycles. The quantitative estimate of drug-likeness (QED) is 0.348. The maximum absolute atomic E-state index is 13.5. The Balaban J connectivity index is 0.00000533. The topological polar surface area (TPSA) is 132 Å². The van der Waals surface area contributed by atoms with Gasteiger partial charge in [0.05, 0.1) is 24.4 Å². The smallest absolute Gasteiger partial charge is 0.341 e. The third-order valence-corrected chi connectivity index (χ3v) is 6.27. The van der Waals surface area contributed by atoms with E-state index in [-0.39, 0.29) is 41.1 Å². The van der Waals surface area contributed by atoms with Crippen molar-refractivity contribution in [1.29, 1.82) is 5.41 Å². The number of hydrogen-bond donors (Lipinski definition) is 3. The summed E-state index contributed by atoms with van der Waals surface area (Å²) < 4.78 is 11.3. The van der Waals surface area contributed by atoms with Gasteiger partial charge in [0.15, 0.2) is 12.4 Å². The van der Waals surface area contributed by atoms with E-state index < -0.39 is 18.0 Å². The first-order valence-electron chi connectivity index (χ1n) is 12.4. The minimum absolute atomic E-state index is 0. The van der Waals surface area contributed by atoms with Crippen LogP contribution in [0.5, 0.6) is 11.5 Å². The first-order chi connectivity index (χ1) is 17.8. The number of nitrogens with one attached hydrogen (secondary N) is 2. The van der Waals surface area contributed by atoms with Gasteiger partial charge in [0.2, 0.25) is 0 Å². The van der Waals surface area contributed by atoms with Crippen molar-refractivity contribution in [3.8, 4) is 11.5 Å². The van der Waals surface area contributed by atoms with Crippen LogP contribution in [0.15, 0.2) is 24.3 Å². The number of fused-ring (bicyclic) bond motifs is 1. The van der Waals surface area contributed by atoms with Crippen LogP contribution in [-0.2, 0) is 16.8 Å². The number of ether oxygens (including phenoxy) is 2. The zero-order valence-corrected chi connectivity index (χ0v) is 25.1. The van der Waals surface area contributed by atoms with Crippen LogP contribution >= 0.6 is 17.0 Å². The number of nitrogens with zero attached hydrogens (tertiary/aromatic N) is 2. The monoisotopic (exact) mass is 604 g/mol. The number of carboxylic acids is 1. The van der Waals surface area contributed by atoms with Crippen molar-refractivity contribution in [3.63, 3.8) is 0 Å². The summed E-state index contributed by atoms with van der Waals surface area (Å²) >= 11 is 0. The lowest BCUT2D eigenvalue weighted by Gasteiger charge is -2.28. The predicted octanol–water partition coefficient (Wildman–Crippen LogP) is 3.87. The molecular formula is C28H37BrN4O6. The second-order valence-electron chi connectivity index (χ2n) is 10.3. The highest BCUT2D eigenvalue weighted by atomic mass is 79.9. The van der Waals surface area contributed by atoms with E-state index in [1.54, 1.807) is 48.2 Å². The molecule has 3 rings (SSSR count). The van der Waals surface area contributed by atoms with Crippen molar-refractivity contribution in [2.24, 2.45) is 0 Å². The Hall–Kier alpha value is -3.60. The third kappa shape index (κ3) is 6.89. The van der Waals surface area contributed by atoms with Gasteiger partial charge in [-0.3, -0.25) is 15.0 Å². The fourth-order valence-corrected chi connectivity index (χ4v) is 4.36. The second-order valence-corrected chi connectivity index (χ2v) is 10.3. The molecule has 1 heterocycles. The van der Waals surface area contributed by atoms with E-state index in [4.69, 9.17) is 20.0 Å². The molecule has 0 aliphatic carbocycles. The standard InChI is InChI=1S/C28H36N4O6.BrH/c1-8-37-23-11-17-13-32(26(29)18(17)12-19(23)27(36)30-5)14-22(33)16-9-20(28(2,3)4)25(38-15-24(34)35)21(10-16)31(6)7;/h9-12,29H,8,13-15H2,1-7H3,(H,30,36)(H,34,35);1H. The summed E-state index contributed by atoms with van der Waals surface area (Å²) in [4.78, 5) is 40.6. The molecule has 11 heteroatoms. The molecule has 1 aliphatic heterocycles. The summed E-state index contributed by atoms with van der Waals surface area (Å²) in [5.41, 5.74) is 3.04. The van der Waals surface area contributed by atoms with E-state index in [9.17, 15) is 14.4 Å². The van der Waals surface area contributed by atoms with Crippen LogP contribution in [-0.4, -0.2) is 74.4 Å². The van der Waals surface area contributed by atoms with Gasteiger partial charge in [-0.2, -0.15) is 0 Å². The number of amides is 1. The normalized spacial score (nSPS) is 12.4. The lowest BCUT2D eigenvalue weighted by molar-refractivity contribution is -0.139. The van der Waals surface area contributed by atoms with Gasteiger partial charge in [0, 0.05) is 44.4 Å². The lowest BCUT2D eigenvalue weighted by atomic mass is 9.84. The SMILES string of the molecule is Br.CCOc1cc2c(cc1C(=O)NC)C(=N)N(CC(=O)c1cc(N(C)C)c(OCC(=O)O)c(C(C)(C)C)c1)C2. The Bertz CT molecular complexity index is 1290. The molecule has 3 N–H and O–H groups in total. The molecule has 0 fully saturated rings. The number of carboxylic acid groups (broad SMARTS) is 1. The maximum Gasteiger partial charge on any atom is 0.341 e. The number of amidine groups is 1. The summed E-state index contributed by atoms with van der Waals surface area (Å²) in [5, 5.41) is 20.5. The van der Waals surface area contributed by atoms with Crippen LogP contribution in [0.1, 0.15) is 65.1 Å². The number of ketones is 1. The van der Waals surface area contributed by atoms with Crippen molar-refractivity contribution in [2.75, 3.05) is 45.8 Å². The summed E-state index contributed by atoms with van der Waals surface area (Å²) in [6.07, 6.45) is 0. The van der Waals surface area contributed by atoms with E-state index in [0.717, 1.165) is 5.56 Å². The highest BCUT2D eigenvalue weighted by molar-refractivity contribution is 8.93. The number of carbonyl (C=O) groups excluding carboxylic acids is 2. The van der Waals surface area contributed by atoms with Gasteiger partial charge >= 0.3 is 5.97 Å². The van der Waals surface area contributed by atoms with Crippen LogP contribution in [0, 0.1) is 5.41 Å². The molecule has 0 atom stereocenters. The van der Waals surface area contributed by atoms with Crippen molar-refractivity contribution < 1.29 is 29.0 Å². The highest BCUT2D eigenvalue weighted by Crippen LogP contribution is 2.40. The summed E-state index contributed by atoms with van der Waals surface area (Å²) in [7, 11) is 5.14. The summed E-state index contributed by atoms with van der Waals surface area (Å²) in [5.74, 6) is -0.574.